The highest BCUT2D eigenvalue weighted by Gasteiger charge is 2.56. The SMILES string of the molecule is CC(C)(O)c1cn(CC2CC3(CO2)C(=O)Nc2ccccc23)nn1.CCOC(=O)c1ccc(-c2cc(F)ccc2OCc2cn(CC3CC4(CO3)C(=O)Nc3ccccc34)nn2)nc1C.CCOC(=O)c1ccc(-c2ccccc2OCc2cn(CC3CC4(CO3)C(=O)Nc3ccccc34)nn2)nc1C.O=Cc1ccccc1OCc1cn(CC2CC3(CO2)C(=O)Nc2ccccc23)nn1. The molecule has 4 spiro atoms. The van der Waals surface area contributed by atoms with Crippen molar-refractivity contribution in [2.75, 3.05) is 60.9 Å². The van der Waals surface area contributed by atoms with Gasteiger partial charge in [-0.25, -0.2) is 32.7 Å². The first-order chi connectivity index (χ1) is 65.4. The quantitative estimate of drug-likeness (QED) is 0.0262. The van der Waals surface area contributed by atoms with Crippen molar-refractivity contribution in [3.8, 4) is 39.8 Å². The third-order valence-corrected chi connectivity index (χ3v) is 25.3. The van der Waals surface area contributed by atoms with Crippen molar-refractivity contribution < 1.29 is 85.7 Å². The normalized spacial score (nSPS) is 21.2. The average molecular weight is 1830 g/mol. The van der Waals surface area contributed by atoms with Crippen molar-refractivity contribution in [3.63, 3.8) is 0 Å². The van der Waals surface area contributed by atoms with E-state index in [1.807, 2.05) is 134 Å². The van der Waals surface area contributed by atoms with Gasteiger partial charge in [-0.2, -0.15) is 0 Å². The van der Waals surface area contributed by atoms with Crippen LogP contribution >= 0.6 is 0 Å². The second-order valence-corrected chi connectivity index (χ2v) is 34.8. The molecule has 5 N–H and O–H groups in total. The maximum atomic E-state index is 14.2. The summed E-state index contributed by atoms with van der Waals surface area (Å²) in [5, 5.41) is 55.1. The number of ether oxygens (including phenoxy) is 9. The number of hydrogen-bond acceptors (Lipinski definition) is 27. The number of aldehydes is 1. The number of para-hydroxylation sites is 6. The molecule has 692 valence electrons. The lowest BCUT2D eigenvalue weighted by atomic mass is 9.79. The molecule has 36 heteroatoms. The molecule has 4 fully saturated rings. The second-order valence-electron chi connectivity index (χ2n) is 34.8. The van der Waals surface area contributed by atoms with Crippen molar-refractivity contribution in [2.45, 2.75) is 165 Å². The number of rotatable bonds is 25. The van der Waals surface area contributed by atoms with Crippen molar-refractivity contribution >= 4 is 64.6 Å². The summed E-state index contributed by atoms with van der Waals surface area (Å²) in [6.45, 7) is 14.7. The van der Waals surface area contributed by atoms with E-state index in [0.717, 1.165) is 56.9 Å². The lowest BCUT2D eigenvalue weighted by molar-refractivity contribution is -0.121. The molecule has 8 aliphatic heterocycles. The molecule has 0 saturated carbocycles. The van der Waals surface area contributed by atoms with Crippen molar-refractivity contribution in [3.05, 3.63) is 292 Å². The summed E-state index contributed by atoms with van der Waals surface area (Å²) >= 11 is 0. The fourth-order valence-corrected chi connectivity index (χ4v) is 18.5. The number of nitrogens with one attached hydrogen (secondary N) is 4. The number of fused-ring (bicyclic) bond motifs is 8. The van der Waals surface area contributed by atoms with Gasteiger partial charge in [0.15, 0.2) is 6.29 Å². The number of pyridine rings is 2. The zero-order chi connectivity index (χ0) is 93.8. The van der Waals surface area contributed by atoms with Gasteiger partial charge in [0, 0.05) is 33.9 Å². The van der Waals surface area contributed by atoms with Gasteiger partial charge < -0.3 is 69.0 Å². The van der Waals surface area contributed by atoms with Crippen LogP contribution in [0.2, 0.25) is 0 Å². The Bertz CT molecular complexity index is 6670. The number of anilines is 4. The van der Waals surface area contributed by atoms with E-state index in [1.54, 1.807) is 121 Å². The maximum absolute atomic E-state index is 14.2. The van der Waals surface area contributed by atoms with E-state index in [1.165, 1.54) is 18.2 Å². The molecule has 0 bridgehead atoms. The number of aromatic nitrogens is 14. The third kappa shape index (κ3) is 18.7. The van der Waals surface area contributed by atoms with E-state index >= 15 is 0 Å². The van der Waals surface area contributed by atoms with Crippen LogP contribution in [-0.2, 0) is 121 Å². The highest BCUT2D eigenvalue weighted by molar-refractivity contribution is 6.09. The van der Waals surface area contributed by atoms with Crippen LogP contribution in [0.4, 0.5) is 27.1 Å². The molecule has 14 heterocycles. The predicted octanol–water partition coefficient (Wildman–Crippen LogP) is 11.8. The van der Waals surface area contributed by atoms with Crippen molar-refractivity contribution in [1.82, 2.24) is 69.9 Å². The predicted molar refractivity (Wildman–Crippen MR) is 485 cm³/mol. The first-order valence-electron chi connectivity index (χ1n) is 44.4. The number of carbonyl (C=O) groups is 7. The van der Waals surface area contributed by atoms with Crippen LogP contribution in [0.3, 0.4) is 0 Å². The van der Waals surface area contributed by atoms with Gasteiger partial charge in [-0.3, -0.25) is 33.9 Å². The minimum atomic E-state index is -1.03. The topological polar surface area (TPSA) is 420 Å². The Morgan fingerprint density at radius 2 is 0.785 bits per heavy atom. The first kappa shape index (κ1) is 90.6. The van der Waals surface area contributed by atoms with Gasteiger partial charge >= 0.3 is 11.9 Å². The van der Waals surface area contributed by atoms with Gasteiger partial charge in [-0.05, 0) is 180 Å². The van der Waals surface area contributed by atoms with Gasteiger partial charge in [-0.15, -0.1) is 20.4 Å². The molecular weight excluding hydrogens is 1730 g/mol. The van der Waals surface area contributed by atoms with Gasteiger partial charge in [0.2, 0.25) is 23.6 Å². The highest BCUT2D eigenvalue weighted by Crippen LogP contribution is 2.50. The van der Waals surface area contributed by atoms with Crippen LogP contribution < -0.4 is 35.5 Å². The number of aliphatic hydroxyl groups is 1. The Hall–Kier alpha value is -15.0. The summed E-state index contributed by atoms with van der Waals surface area (Å²) in [6, 6.07) is 56.6. The van der Waals surface area contributed by atoms with Crippen molar-refractivity contribution in [1.29, 1.82) is 0 Å². The molecule has 35 nitrogen and oxygen atoms in total. The minimum absolute atomic E-state index is 0.00182. The molecule has 0 aliphatic carbocycles. The largest absolute Gasteiger partial charge is 0.486 e. The summed E-state index contributed by atoms with van der Waals surface area (Å²) in [7, 11) is 0. The summed E-state index contributed by atoms with van der Waals surface area (Å²) < 4.78 is 72.9. The third-order valence-electron chi connectivity index (χ3n) is 25.3. The molecule has 0 radical (unpaired) electrons. The monoisotopic (exact) mass is 1830 g/mol. The number of hydrogen-bond donors (Lipinski definition) is 5. The number of benzene rings is 7. The number of nitrogens with zero attached hydrogens (tertiary/aromatic N) is 14. The Kier molecular flexibility index (Phi) is 25.7. The van der Waals surface area contributed by atoms with E-state index in [9.17, 15) is 43.1 Å². The fourth-order valence-electron chi connectivity index (χ4n) is 18.5. The first-order valence-corrected chi connectivity index (χ1v) is 44.4. The molecule has 8 atom stereocenters. The minimum Gasteiger partial charge on any atom is -0.486 e. The zero-order valence-electron chi connectivity index (χ0n) is 74.7. The number of amides is 4. The molecule has 6 aromatic heterocycles. The van der Waals surface area contributed by atoms with E-state index in [0.29, 0.717) is 170 Å². The summed E-state index contributed by atoms with van der Waals surface area (Å²) in [5.41, 5.74) is 10.9. The number of halogens is 1. The number of carbonyl (C=O) groups excluding carboxylic acids is 7. The van der Waals surface area contributed by atoms with E-state index in [-0.39, 0.29) is 80.4 Å². The Morgan fingerprint density at radius 1 is 0.444 bits per heavy atom. The molecule has 4 amide bonds. The molecule has 4 saturated heterocycles. The standard InChI is InChI=1S/C30H28FN5O5.C30H29N5O5.C22H20N4O4.C17H20N4O3/c1-3-39-28(37)22-9-10-25(32-18(22)2)23-12-19(31)8-11-27(23)40-16-20-14-36(35-34-20)15-21-13-30(17-41-21)24-6-4-5-7-26(24)33-29(30)38;1-3-38-28(36)22-12-13-25(31-19(22)2)23-8-4-7-11-27(23)39-17-20-15-35(34-33-20)16-21-14-30(18-40-21)24-9-5-6-10-26(24)32-29(30)37;27-12-15-5-1-4-8-20(15)29-13-16-10-26(25-24-16)11-17-9-22(14-30-17)18-6-2-3-7-19(18)23-21(22)28;1-16(2,23)14-9-21(20-19-14)8-11-7-17(10-24-11)12-5-3-4-6-13(12)18-15(17)22/h4-12,14,21H,3,13,15-17H2,1-2H3,(H,33,38);4-13,15,21H,3,14,16-18H2,1-2H3,(H,32,37);1-8,10,12,17H,9,11,13-14H2,(H,23,28);3-6,9,11,23H,7-8,10H2,1-2H3,(H,18,22). The average Bonchev–Trinajstić information content (AvgIpc) is 1.59. The zero-order valence-corrected chi connectivity index (χ0v) is 74.7. The van der Waals surface area contributed by atoms with Gasteiger partial charge in [0.25, 0.3) is 0 Å². The van der Waals surface area contributed by atoms with Gasteiger partial charge in [0.05, 0.1) is 154 Å². The van der Waals surface area contributed by atoms with Gasteiger partial charge in [0.1, 0.15) is 92.9 Å². The Labute approximate surface area is 773 Å². The van der Waals surface area contributed by atoms with Crippen LogP contribution in [-0.4, -0.2) is 181 Å². The molecule has 8 unspecified atom stereocenters. The molecular formula is C99H97FN18O17. The van der Waals surface area contributed by atoms with Crippen LogP contribution in [0.5, 0.6) is 17.2 Å². The number of aryl methyl sites for hydroxylation is 2. The lowest BCUT2D eigenvalue weighted by Gasteiger charge is -2.19. The van der Waals surface area contributed by atoms with Crippen LogP contribution in [0.1, 0.15) is 141 Å². The van der Waals surface area contributed by atoms with E-state index < -0.39 is 39.0 Å². The molecule has 7 aromatic carbocycles. The molecule has 135 heavy (non-hydrogen) atoms. The van der Waals surface area contributed by atoms with E-state index in [2.05, 4.69) is 72.5 Å². The maximum Gasteiger partial charge on any atom is 0.339 e. The summed E-state index contributed by atoms with van der Waals surface area (Å²) in [5.74, 6) is 0.206. The molecule has 8 aliphatic rings. The van der Waals surface area contributed by atoms with Gasteiger partial charge in [-0.1, -0.05) is 118 Å². The Balaban J connectivity index is 0.000000122. The van der Waals surface area contributed by atoms with Crippen molar-refractivity contribution in [2.24, 2.45) is 0 Å². The lowest BCUT2D eigenvalue weighted by Crippen LogP contribution is -2.35. The molecule has 13 aromatic rings. The fraction of sp³-hybridized carbons (Fsp3) is 0.323. The highest BCUT2D eigenvalue weighted by atomic mass is 19.1. The van der Waals surface area contributed by atoms with Crippen LogP contribution in [0, 0.1) is 19.7 Å². The van der Waals surface area contributed by atoms with E-state index in [4.69, 9.17) is 42.6 Å². The number of esters is 2. The Morgan fingerprint density at radius 3 is 1.16 bits per heavy atom. The summed E-state index contributed by atoms with van der Waals surface area (Å²) in [4.78, 5) is 95.3. The molecule has 21 rings (SSSR count). The van der Waals surface area contributed by atoms with Crippen LogP contribution in [0.15, 0.2) is 213 Å². The second kappa shape index (κ2) is 38.3. The van der Waals surface area contributed by atoms with Crippen LogP contribution in [0.25, 0.3) is 22.5 Å². The summed E-state index contributed by atoms with van der Waals surface area (Å²) in [6.07, 6.45) is 9.53. The smallest absolute Gasteiger partial charge is 0.339 e.